The molecule has 1 fully saturated rings. The van der Waals surface area contributed by atoms with E-state index in [0.717, 1.165) is 12.0 Å². The monoisotopic (exact) mass is 592 g/mol. The summed E-state index contributed by atoms with van der Waals surface area (Å²) in [5.41, 5.74) is 10.2. The van der Waals surface area contributed by atoms with Crippen LogP contribution in [0.3, 0.4) is 0 Å². The van der Waals surface area contributed by atoms with Crippen molar-refractivity contribution in [2.75, 3.05) is 31.4 Å². The Bertz CT molecular complexity index is 1880. The van der Waals surface area contributed by atoms with Gasteiger partial charge in [-0.1, -0.05) is 30.3 Å². The second-order valence-corrected chi connectivity index (χ2v) is 10.5. The minimum absolute atomic E-state index is 0.0160. The number of para-hydroxylation sites is 1. The summed E-state index contributed by atoms with van der Waals surface area (Å²) < 4.78 is 20.2. The first-order valence-corrected chi connectivity index (χ1v) is 14.1. The third-order valence-corrected chi connectivity index (χ3v) is 7.60. The lowest BCUT2D eigenvalue weighted by Gasteiger charge is -2.15. The number of carbonyl (C=O) groups excluding carboxylic acids is 1. The summed E-state index contributed by atoms with van der Waals surface area (Å²) >= 11 is 0. The lowest BCUT2D eigenvalue weighted by molar-refractivity contribution is 0.102. The standard InChI is InChI=1S/C33H32N6O5/c1-20-29(33(41)39(38(20)2)24-7-5-4-6-8-24)32(40)36-23-11-9-21(10-12-23)30-31(34)35-18-28(37-30)22-15-26(42-3)17-27(16-22)44-25-13-14-43-19-25/h4-12,15-18,25H,13-14,19H2,1-3H3,(H2,34,35)(H,36,40). The number of hydrogen-bond donors (Lipinski definition) is 2. The maximum atomic E-state index is 13.2. The molecule has 11 nitrogen and oxygen atoms in total. The van der Waals surface area contributed by atoms with Crippen molar-refractivity contribution >= 4 is 17.4 Å². The molecule has 1 saturated heterocycles. The molecule has 0 bridgehead atoms. The number of amides is 1. The molecule has 0 aliphatic carbocycles. The molecule has 224 valence electrons. The van der Waals surface area contributed by atoms with Crippen molar-refractivity contribution in [1.29, 1.82) is 0 Å². The summed E-state index contributed by atoms with van der Waals surface area (Å²) in [4.78, 5) is 35.7. The number of nitrogens with two attached hydrogens (primary N) is 1. The molecule has 3 N–H and O–H groups in total. The van der Waals surface area contributed by atoms with Gasteiger partial charge in [0.1, 0.15) is 34.7 Å². The van der Waals surface area contributed by atoms with E-state index in [1.165, 1.54) is 4.68 Å². The number of hydrogen-bond acceptors (Lipinski definition) is 8. The van der Waals surface area contributed by atoms with E-state index in [0.29, 0.717) is 58.7 Å². The first-order chi connectivity index (χ1) is 21.3. The Kier molecular flexibility index (Phi) is 7.86. The quantitative estimate of drug-likeness (QED) is 0.267. The molecule has 0 spiro atoms. The molecule has 11 heteroatoms. The topological polar surface area (TPSA) is 136 Å². The van der Waals surface area contributed by atoms with Crippen molar-refractivity contribution in [1.82, 2.24) is 19.3 Å². The van der Waals surface area contributed by atoms with E-state index in [-0.39, 0.29) is 17.5 Å². The van der Waals surface area contributed by atoms with Crippen molar-refractivity contribution < 1.29 is 19.0 Å². The fourth-order valence-corrected chi connectivity index (χ4v) is 5.19. The number of methoxy groups -OCH3 is 1. The van der Waals surface area contributed by atoms with Crippen molar-refractivity contribution in [2.24, 2.45) is 7.05 Å². The Morgan fingerprint density at radius 2 is 1.80 bits per heavy atom. The van der Waals surface area contributed by atoms with Crippen LogP contribution >= 0.6 is 0 Å². The Labute approximate surface area is 253 Å². The van der Waals surface area contributed by atoms with Crippen LogP contribution in [0.15, 0.2) is 83.8 Å². The Morgan fingerprint density at radius 1 is 1.05 bits per heavy atom. The molecule has 1 atom stereocenters. The number of anilines is 2. The van der Waals surface area contributed by atoms with Crippen LogP contribution in [0.4, 0.5) is 11.5 Å². The van der Waals surface area contributed by atoms with Crippen LogP contribution in [-0.4, -0.2) is 51.7 Å². The van der Waals surface area contributed by atoms with Gasteiger partial charge in [0, 0.05) is 36.3 Å². The SMILES string of the molecule is COc1cc(OC2CCOC2)cc(-c2cnc(N)c(-c3ccc(NC(=O)c4c(C)n(C)n(-c5ccccc5)c4=O)cc3)n2)c1. The molecule has 5 aromatic rings. The fourth-order valence-electron chi connectivity index (χ4n) is 5.19. The Morgan fingerprint density at radius 3 is 2.50 bits per heavy atom. The second kappa shape index (κ2) is 12.1. The zero-order valence-electron chi connectivity index (χ0n) is 24.6. The number of carbonyl (C=O) groups is 1. The van der Waals surface area contributed by atoms with Crippen LogP contribution in [0.5, 0.6) is 11.5 Å². The summed E-state index contributed by atoms with van der Waals surface area (Å²) in [6.45, 7) is 2.97. The van der Waals surface area contributed by atoms with Crippen LogP contribution in [0.2, 0.25) is 0 Å². The minimum Gasteiger partial charge on any atom is -0.497 e. The van der Waals surface area contributed by atoms with Crippen molar-refractivity contribution in [3.8, 4) is 39.7 Å². The van der Waals surface area contributed by atoms with Crippen LogP contribution in [-0.2, 0) is 11.8 Å². The Hall–Kier alpha value is -5.42. The van der Waals surface area contributed by atoms with Gasteiger partial charge in [-0.15, -0.1) is 0 Å². The number of nitrogen functional groups attached to an aromatic ring is 1. The van der Waals surface area contributed by atoms with Gasteiger partial charge in [-0.3, -0.25) is 14.3 Å². The highest BCUT2D eigenvalue weighted by Crippen LogP contribution is 2.32. The molecule has 6 rings (SSSR count). The van der Waals surface area contributed by atoms with Crippen LogP contribution < -0.4 is 26.1 Å². The highest BCUT2D eigenvalue weighted by atomic mass is 16.5. The minimum atomic E-state index is -0.493. The average Bonchev–Trinajstić information content (AvgIpc) is 3.62. The second-order valence-electron chi connectivity index (χ2n) is 10.5. The number of benzene rings is 3. The molecule has 1 aliphatic heterocycles. The molecule has 0 radical (unpaired) electrons. The predicted octanol–water partition coefficient (Wildman–Crippen LogP) is 4.62. The van der Waals surface area contributed by atoms with Crippen molar-refractivity contribution in [3.63, 3.8) is 0 Å². The van der Waals surface area contributed by atoms with Gasteiger partial charge >= 0.3 is 0 Å². The van der Waals surface area contributed by atoms with E-state index in [4.69, 9.17) is 24.9 Å². The summed E-state index contributed by atoms with van der Waals surface area (Å²) in [5.74, 6) is 1.04. The zero-order chi connectivity index (χ0) is 30.8. The van der Waals surface area contributed by atoms with E-state index in [2.05, 4.69) is 10.3 Å². The third kappa shape index (κ3) is 5.64. The van der Waals surface area contributed by atoms with E-state index >= 15 is 0 Å². The Balaban J connectivity index is 1.24. The van der Waals surface area contributed by atoms with Crippen molar-refractivity contribution in [3.05, 3.63) is 101 Å². The molecular weight excluding hydrogens is 560 g/mol. The smallest absolute Gasteiger partial charge is 0.284 e. The van der Waals surface area contributed by atoms with E-state index in [1.807, 2.05) is 48.5 Å². The molecule has 1 unspecified atom stereocenters. The van der Waals surface area contributed by atoms with Gasteiger partial charge in [-0.25, -0.2) is 14.6 Å². The lowest BCUT2D eigenvalue weighted by Crippen LogP contribution is -2.25. The van der Waals surface area contributed by atoms with Crippen LogP contribution in [0.1, 0.15) is 22.5 Å². The molecule has 3 aromatic carbocycles. The van der Waals surface area contributed by atoms with Gasteiger partial charge in [-0.2, -0.15) is 0 Å². The number of ether oxygens (including phenoxy) is 3. The highest BCUT2D eigenvalue weighted by Gasteiger charge is 2.23. The molecule has 2 aromatic heterocycles. The largest absolute Gasteiger partial charge is 0.497 e. The predicted molar refractivity (Wildman–Crippen MR) is 167 cm³/mol. The van der Waals surface area contributed by atoms with Gasteiger partial charge in [-0.05, 0) is 43.3 Å². The molecule has 1 amide bonds. The van der Waals surface area contributed by atoms with Gasteiger partial charge < -0.3 is 25.3 Å². The molecule has 1 aliphatic rings. The summed E-state index contributed by atoms with van der Waals surface area (Å²) in [5, 5.41) is 2.84. The van der Waals surface area contributed by atoms with Gasteiger partial charge in [0.2, 0.25) is 0 Å². The maximum Gasteiger partial charge on any atom is 0.284 e. The van der Waals surface area contributed by atoms with E-state index < -0.39 is 11.5 Å². The normalized spacial score (nSPS) is 14.4. The van der Waals surface area contributed by atoms with Gasteiger partial charge in [0.15, 0.2) is 0 Å². The number of nitrogens with zero attached hydrogens (tertiary/aromatic N) is 4. The fraction of sp³-hybridized carbons (Fsp3) is 0.212. The number of nitrogens with one attached hydrogen (secondary N) is 1. The number of rotatable bonds is 8. The number of aromatic nitrogens is 4. The van der Waals surface area contributed by atoms with Crippen LogP contribution in [0, 0.1) is 6.92 Å². The first-order valence-electron chi connectivity index (χ1n) is 14.1. The summed E-state index contributed by atoms with van der Waals surface area (Å²) in [6, 6.07) is 21.8. The summed E-state index contributed by atoms with van der Waals surface area (Å²) in [6.07, 6.45) is 2.42. The zero-order valence-corrected chi connectivity index (χ0v) is 24.6. The van der Waals surface area contributed by atoms with Gasteiger partial charge in [0.05, 0.1) is 43.6 Å². The molecule has 3 heterocycles. The van der Waals surface area contributed by atoms with Crippen LogP contribution in [0.25, 0.3) is 28.2 Å². The van der Waals surface area contributed by atoms with E-state index in [1.54, 1.807) is 56.2 Å². The molecule has 0 saturated carbocycles. The summed E-state index contributed by atoms with van der Waals surface area (Å²) in [7, 11) is 3.35. The van der Waals surface area contributed by atoms with E-state index in [9.17, 15) is 9.59 Å². The molecule has 44 heavy (non-hydrogen) atoms. The van der Waals surface area contributed by atoms with Gasteiger partial charge in [0.25, 0.3) is 11.5 Å². The highest BCUT2D eigenvalue weighted by molar-refractivity contribution is 6.05. The lowest BCUT2D eigenvalue weighted by atomic mass is 10.1. The third-order valence-electron chi connectivity index (χ3n) is 7.60. The average molecular weight is 593 g/mol. The van der Waals surface area contributed by atoms with Crippen molar-refractivity contribution in [2.45, 2.75) is 19.4 Å². The molecular formula is C33H32N6O5. The first kappa shape index (κ1) is 28.7. The maximum absolute atomic E-state index is 13.2.